The molecular formula is C24H27F3N3O7S-. The highest BCUT2D eigenvalue weighted by Gasteiger charge is 2.49. The lowest BCUT2D eigenvalue weighted by atomic mass is 9.64. The van der Waals surface area contributed by atoms with Crippen molar-refractivity contribution in [1.29, 1.82) is 0 Å². The van der Waals surface area contributed by atoms with Gasteiger partial charge >= 0.3 is 5.51 Å². The number of aromatic amines is 1. The molecule has 1 saturated carbocycles. The smallest absolute Gasteiger partial charge is 0.458 e. The van der Waals surface area contributed by atoms with E-state index >= 15 is 0 Å². The lowest BCUT2D eigenvalue weighted by Gasteiger charge is -2.36. The topological polar surface area (TPSA) is 147 Å². The fraction of sp³-hybridized carbons (Fsp3) is 0.667. The SMILES string of the molecule is O=C1CCCC[C@@]12CCCc1c(-c3nc4c(c(=O)[nH]3)CCCO[C@]43CCOC3)noc12.O=S([O-])C(F)(F)F. The summed E-state index contributed by atoms with van der Waals surface area (Å²) in [4.78, 5) is 33.9. The summed E-state index contributed by atoms with van der Waals surface area (Å²) in [5.74, 6) is 1.37. The lowest BCUT2D eigenvalue weighted by molar-refractivity contribution is -0.128. The zero-order valence-electron chi connectivity index (χ0n) is 20.5. The number of rotatable bonds is 1. The maximum atomic E-state index is 13.1. The molecule has 2 aromatic heterocycles. The van der Waals surface area contributed by atoms with Crippen LogP contribution in [0.4, 0.5) is 13.2 Å². The van der Waals surface area contributed by atoms with Crippen LogP contribution in [0.15, 0.2) is 9.32 Å². The van der Waals surface area contributed by atoms with Crippen molar-refractivity contribution in [3.05, 3.63) is 32.9 Å². The summed E-state index contributed by atoms with van der Waals surface area (Å²) < 4.78 is 67.2. The first-order valence-corrected chi connectivity index (χ1v) is 13.7. The largest absolute Gasteiger partial charge is 0.766 e. The van der Waals surface area contributed by atoms with Crippen molar-refractivity contribution in [1.82, 2.24) is 15.1 Å². The number of H-pyrrole nitrogens is 1. The monoisotopic (exact) mass is 558 g/mol. The Morgan fingerprint density at radius 1 is 0.974 bits per heavy atom. The molecule has 1 N–H and O–H groups in total. The summed E-state index contributed by atoms with van der Waals surface area (Å²) >= 11 is -3.93. The molecule has 1 unspecified atom stereocenters. The van der Waals surface area contributed by atoms with E-state index in [2.05, 4.69) is 10.1 Å². The number of ketones is 1. The van der Waals surface area contributed by atoms with Gasteiger partial charge in [-0.15, -0.1) is 0 Å². The quantitative estimate of drug-likeness (QED) is 0.521. The Morgan fingerprint density at radius 3 is 2.39 bits per heavy atom. The molecule has 2 aliphatic carbocycles. The number of nitrogens with one attached hydrogen (secondary N) is 1. The number of fused-ring (bicyclic) bond motifs is 4. The first kappa shape index (κ1) is 27.2. The van der Waals surface area contributed by atoms with Crippen molar-refractivity contribution in [2.75, 3.05) is 19.8 Å². The summed E-state index contributed by atoms with van der Waals surface area (Å²) in [6.07, 6.45) is 7.98. The highest BCUT2D eigenvalue weighted by molar-refractivity contribution is 7.80. The molecule has 3 atom stereocenters. The van der Waals surface area contributed by atoms with Gasteiger partial charge in [-0.3, -0.25) is 13.8 Å². The molecule has 1 saturated heterocycles. The molecule has 4 heterocycles. The van der Waals surface area contributed by atoms with E-state index in [9.17, 15) is 22.8 Å². The number of ether oxygens (including phenoxy) is 2. The predicted molar refractivity (Wildman–Crippen MR) is 125 cm³/mol. The molecule has 2 spiro atoms. The van der Waals surface area contributed by atoms with Gasteiger partial charge in [-0.25, -0.2) is 4.98 Å². The Labute approximate surface area is 218 Å². The minimum atomic E-state index is -5.08. The number of aromatic nitrogens is 3. The molecule has 0 amide bonds. The minimum absolute atomic E-state index is 0.146. The molecule has 208 valence electrons. The fourth-order valence-corrected chi connectivity index (χ4v) is 6.03. The summed E-state index contributed by atoms with van der Waals surface area (Å²) in [6, 6.07) is 0. The lowest BCUT2D eigenvalue weighted by Crippen LogP contribution is -2.41. The number of alkyl halides is 3. The van der Waals surface area contributed by atoms with E-state index in [0.717, 1.165) is 50.5 Å². The first-order valence-electron chi connectivity index (χ1n) is 12.6. The van der Waals surface area contributed by atoms with E-state index in [1.165, 1.54) is 0 Å². The predicted octanol–water partition coefficient (Wildman–Crippen LogP) is 3.11. The Hall–Kier alpha value is -2.42. The van der Waals surface area contributed by atoms with Gasteiger partial charge < -0.3 is 23.5 Å². The van der Waals surface area contributed by atoms with Gasteiger partial charge in [0.1, 0.15) is 11.4 Å². The zero-order valence-corrected chi connectivity index (χ0v) is 21.3. The van der Waals surface area contributed by atoms with Crippen LogP contribution < -0.4 is 5.56 Å². The molecule has 2 fully saturated rings. The molecule has 0 aromatic carbocycles. The van der Waals surface area contributed by atoms with E-state index in [1.54, 1.807) is 0 Å². The molecule has 14 heteroatoms. The third-order valence-electron chi connectivity index (χ3n) is 7.84. The third kappa shape index (κ3) is 4.75. The van der Waals surface area contributed by atoms with Crippen LogP contribution >= 0.6 is 0 Å². The van der Waals surface area contributed by atoms with Crippen molar-refractivity contribution in [2.45, 2.75) is 80.7 Å². The molecule has 38 heavy (non-hydrogen) atoms. The zero-order chi connectivity index (χ0) is 27.1. The van der Waals surface area contributed by atoms with Gasteiger partial charge in [0.2, 0.25) is 0 Å². The number of hydrogen-bond acceptors (Lipinski definition) is 9. The minimum Gasteiger partial charge on any atom is -0.766 e. The Bertz CT molecular complexity index is 1300. The normalized spacial score (nSPS) is 27.8. The van der Waals surface area contributed by atoms with Gasteiger partial charge in [0, 0.05) is 37.2 Å². The summed E-state index contributed by atoms with van der Waals surface area (Å²) in [7, 11) is 0. The van der Waals surface area contributed by atoms with Gasteiger partial charge in [-0.2, -0.15) is 13.2 Å². The van der Waals surface area contributed by atoms with Crippen molar-refractivity contribution in [3.63, 3.8) is 0 Å². The maximum absolute atomic E-state index is 13.1. The average Bonchev–Trinajstić information content (AvgIpc) is 3.48. The van der Waals surface area contributed by atoms with Crippen molar-refractivity contribution < 1.29 is 40.7 Å². The Kier molecular flexibility index (Phi) is 7.35. The van der Waals surface area contributed by atoms with Gasteiger partial charge in [0.15, 0.2) is 17.3 Å². The van der Waals surface area contributed by atoms with Crippen LogP contribution in [-0.4, -0.2) is 55.0 Å². The highest BCUT2D eigenvalue weighted by Crippen LogP contribution is 2.47. The van der Waals surface area contributed by atoms with Crippen LogP contribution in [0.5, 0.6) is 0 Å². The van der Waals surface area contributed by atoms with Gasteiger partial charge in [0.25, 0.3) is 5.56 Å². The van der Waals surface area contributed by atoms with Crippen LogP contribution in [0.25, 0.3) is 11.5 Å². The van der Waals surface area contributed by atoms with Crippen molar-refractivity contribution >= 4 is 16.9 Å². The second kappa shape index (κ2) is 10.3. The molecule has 6 rings (SSSR count). The Balaban J connectivity index is 0.000000374. The summed E-state index contributed by atoms with van der Waals surface area (Å²) in [5, 5.41) is 4.35. The number of nitrogens with zero attached hydrogens (tertiary/aromatic N) is 2. The van der Waals surface area contributed by atoms with Crippen LogP contribution in [0, 0.1) is 0 Å². The van der Waals surface area contributed by atoms with Gasteiger partial charge in [-0.1, -0.05) is 11.6 Å². The third-order valence-corrected chi connectivity index (χ3v) is 8.22. The van der Waals surface area contributed by atoms with E-state index in [-0.39, 0.29) is 11.3 Å². The van der Waals surface area contributed by atoms with E-state index in [0.29, 0.717) is 67.6 Å². The second-order valence-electron chi connectivity index (χ2n) is 10.1. The fourth-order valence-electron chi connectivity index (χ4n) is 6.03. The first-order chi connectivity index (χ1) is 18.1. The maximum Gasteiger partial charge on any atom is 0.458 e. The summed E-state index contributed by atoms with van der Waals surface area (Å²) in [6.45, 7) is 1.58. The standard InChI is InChI=1S/C23H27N3O5.CHF3O2S/c27-16-7-1-2-8-22(16)9-3-5-14-17(26-31-19(14)22)20-24-18-15(21(28)25-20)6-4-11-30-23(18)10-12-29-13-23;2-1(3,4)7(5)6/h1-13H2,(H,24,25,28);(H,5,6)/p-1/t22-,23+;/m1./s1. The molecule has 2 aromatic rings. The number of carbonyl (C=O) groups excluding carboxylic acids is 1. The van der Waals surface area contributed by atoms with E-state index in [1.807, 2.05) is 0 Å². The molecular weight excluding hydrogens is 531 g/mol. The number of hydrogen-bond donors (Lipinski definition) is 1. The highest BCUT2D eigenvalue weighted by atomic mass is 32.2. The van der Waals surface area contributed by atoms with Crippen LogP contribution in [0.3, 0.4) is 0 Å². The number of carbonyl (C=O) groups is 1. The van der Waals surface area contributed by atoms with Crippen LogP contribution in [0.1, 0.15) is 73.9 Å². The van der Waals surface area contributed by atoms with Crippen molar-refractivity contribution in [3.8, 4) is 11.5 Å². The number of Topliss-reactive ketones (excluding diaryl/α,β-unsaturated/α-hetero) is 1. The second-order valence-corrected chi connectivity index (χ2v) is 11.0. The molecule has 10 nitrogen and oxygen atoms in total. The van der Waals surface area contributed by atoms with Crippen LogP contribution in [0.2, 0.25) is 0 Å². The van der Waals surface area contributed by atoms with Gasteiger partial charge in [0.05, 0.1) is 28.8 Å². The van der Waals surface area contributed by atoms with Gasteiger partial charge in [-0.05, 0) is 44.9 Å². The van der Waals surface area contributed by atoms with E-state index < -0.39 is 27.6 Å². The molecule has 4 aliphatic rings. The summed E-state index contributed by atoms with van der Waals surface area (Å²) in [5.41, 5.74) is -3.60. The Morgan fingerprint density at radius 2 is 1.71 bits per heavy atom. The number of halogens is 3. The molecule has 2 aliphatic heterocycles. The molecule has 0 radical (unpaired) electrons. The van der Waals surface area contributed by atoms with E-state index in [4.69, 9.17) is 27.7 Å². The molecule has 0 bridgehead atoms. The average molecular weight is 559 g/mol. The van der Waals surface area contributed by atoms with Crippen LogP contribution in [-0.2, 0) is 49.2 Å². The van der Waals surface area contributed by atoms with Crippen molar-refractivity contribution in [2.24, 2.45) is 0 Å².